The van der Waals surface area contributed by atoms with Gasteiger partial charge in [-0.05, 0) is 49.8 Å². The molecule has 3 rings (SSSR count). The molecule has 0 unspecified atom stereocenters. The summed E-state index contributed by atoms with van der Waals surface area (Å²) >= 11 is 1.49. The number of aromatic nitrogens is 1. The van der Waals surface area contributed by atoms with E-state index in [2.05, 4.69) is 24.1 Å². The van der Waals surface area contributed by atoms with Crippen LogP contribution in [0.3, 0.4) is 0 Å². The molecule has 0 aliphatic carbocycles. The molecule has 2 heterocycles. The van der Waals surface area contributed by atoms with Crippen molar-refractivity contribution in [2.24, 2.45) is 11.8 Å². The van der Waals surface area contributed by atoms with E-state index in [-0.39, 0.29) is 23.5 Å². The van der Waals surface area contributed by atoms with Gasteiger partial charge in [-0.25, -0.2) is 9.37 Å². The number of halogens is 1. The van der Waals surface area contributed by atoms with Crippen molar-refractivity contribution in [1.82, 2.24) is 15.2 Å². The van der Waals surface area contributed by atoms with Crippen LogP contribution in [-0.2, 0) is 17.8 Å². The summed E-state index contributed by atoms with van der Waals surface area (Å²) in [5, 5.41) is 3.91. The number of piperidine rings is 1. The molecule has 30 heavy (non-hydrogen) atoms. The Hall–Kier alpha value is -2.28. The number of amides is 2. The third-order valence-electron chi connectivity index (χ3n) is 5.47. The standard InChI is InChI=1S/C23H30FN3O2S/c1-14(2)11-20-26-16(4)21(30-20)23(29)27-9-7-18(8-10-27)22(28)25-13-17-6-5-15(3)19(24)12-17/h5-6,12,14,18H,7-11,13H2,1-4H3,(H,25,28). The lowest BCUT2D eigenvalue weighted by atomic mass is 9.95. The maximum Gasteiger partial charge on any atom is 0.265 e. The van der Waals surface area contributed by atoms with Crippen molar-refractivity contribution in [1.29, 1.82) is 0 Å². The molecule has 0 radical (unpaired) electrons. The van der Waals surface area contributed by atoms with Crippen LogP contribution in [-0.4, -0.2) is 34.8 Å². The molecule has 1 aromatic heterocycles. The molecular formula is C23H30FN3O2S. The molecule has 1 aromatic carbocycles. The number of aryl methyl sites for hydroxylation is 2. The van der Waals surface area contributed by atoms with Crippen molar-refractivity contribution in [2.45, 2.75) is 53.5 Å². The Balaban J connectivity index is 1.51. The molecule has 5 nitrogen and oxygen atoms in total. The van der Waals surface area contributed by atoms with Gasteiger partial charge < -0.3 is 10.2 Å². The number of hydrogen-bond acceptors (Lipinski definition) is 4. The van der Waals surface area contributed by atoms with E-state index in [9.17, 15) is 14.0 Å². The van der Waals surface area contributed by atoms with Crippen LogP contribution in [0.2, 0.25) is 0 Å². The SMILES string of the molecule is Cc1ccc(CNC(=O)C2CCN(C(=O)c3sc(CC(C)C)nc3C)CC2)cc1F. The van der Waals surface area contributed by atoms with Crippen LogP contribution in [0.25, 0.3) is 0 Å². The summed E-state index contributed by atoms with van der Waals surface area (Å²) in [6.45, 7) is 9.33. The number of nitrogens with one attached hydrogen (secondary N) is 1. The summed E-state index contributed by atoms with van der Waals surface area (Å²) in [4.78, 5) is 32.5. The van der Waals surface area contributed by atoms with Crippen molar-refractivity contribution >= 4 is 23.2 Å². The zero-order chi connectivity index (χ0) is 21.8. The summed E-state index contributed by atoms with van der Waals surface area (Å²) in [5.74, 6) is 0.112. The lowest BCUT2D eigenvalue weighted by Gasteiger charge is -2.31. The molecule has 1 N–H and O–H groups in total. The summed E-state index contributed by atoms with van der Waals surface area (Å²) in [6.07, 6.45) is 2.15. The Morgan fingerprint density at radius 2 is 1.97 bits per heavy atom. The fourth-order valence-corrected chi connectivity index (χ4v) is 4.90. The second-order valence-corrected chi connectivity index (χ2v) is 9.57. The van der Waals surface area contributed by atoms with Gasteiger partial charge in [0, 0.05) is 32.0 Å². The highest BCUT2D eigenvalue weighted by molar-refractivity contribution is 7.13. The largest absolute Gasteiger partial charge is 0.352 e. The van der Waals surface area contributed by atoms with Gasteiger partial charge in [-0.2, -0.15) is 0 Å². The van der Waals surface area contributed by atoms with Gasteiger partial charge in [0.15, 0.2) is 0 Å². The summed E-state index contributed by atoms with van der Waals surface area (Å²) in [7, 11) is 0. The monoisotopic (exact) mass is 431 g/mol. The number of hydrogen-bond donors (Lipinski definition) is 1. The van der Waals surface area contributed by atoms with E-state index in [0.717, 1.165) is 27.6 Å². The topological polar surface area (TPSA) is 62.3 Å². The smallest absolute Gasteiger partial charge is 0.265 e. The third-order valence-corrected chi connectivity index (χ3v) is 6.64. The van der Waals surface area contributed by atoms with Crippen molar-refractivity contribution in [3.05, 3.63) is 50.7 Å². The Kier molecular flexibility index (Phi) is 7.23. The molecule has 0 saturated carbocycles. The minimum Gasteiger partial charge on any atom is -0.352 e. The lowest BCUT2D eigenvalue weighted by Crippen LogP contribution is -2.42. The first kappa shape index (κ1) is 22.4. The second kappa shape index (κ2) is 9.69. The fraction of sp³-hybridized carbons (Fsp3) is 0.522. The van der Waals surface area contributed by atoms with Crippen LogP contribution in [0.1, 0.15) is 58.2 Å². The molecule has 0 atom stereocenters. The molecule has 162 valence electrons. The van der Waals surface area contributed by atoms with Gasteiger partial charge in [0.05, 0.1) is 10.7 Å². The predicted molar refractivity (Wildman–Crippen MR) is 117 cm³/mol. The van der Waals surface area contributed by atoms with E-state index in [0.29, 0.717) is 44.0 Å². The molecule has 0 spiro atoms. The Labute approximate surface area is 181 Å². The van der Waals surface area contributed by atoms with Crippen LogP contribution in [0, 0.1) is 31.5 Å². The van der Waals surface area contributed by atoms with Crippen LogP contribution in [0.4, 0.5) is 4.39 Å². The van der Waals surface area contributed by atoms with Gasteiger partial charge in [0.25, 0.3) is 5.91 Å². The normalized spacial score (nSPS) is 14.9. The highest BCUT2D eigenvalue weighted by Gasteiger charge is 2.29. The fourth-order valence-electron chi connectivity index (χ4n) is 3.66. The van der Waals surface area contributed by atoms with E-state index >= 15 is 0 Å². The second-order valence-electron chi connectivity index (χ2n) is 8.49. The highest BCUT2D eigenvalue weighted by Crippen LogP contribution is 2.25. The lowest BCUT2D eigenvalue weighted by molar-refractivity contribution is -0.126. The average Bonchev–Trinajstić information content (AvgIpc) is 3.07. The van der Waals surface area contributed by atoms with Crippen LogP contribution >= 0.6 is 11.3 Å². The number of benzene rings is 1. The van der Waals surface area contributed by atoms with Gasteiger partial charge in [-0.15, -0.1) is 11.3 Å². The quantitative estimate of drug-likeness (QED) is 0.743. The van der Waals surface area contributed by atoms with E-state index in [1.807, 2.05) is 17.9 Å². The summed E-state index contributed by atoms with van der Waals surface area (Å²) < 4.78 is 13.7. The molecule has 1 saturated heterocycles. The van der Waals surface area contributed by atoms with Crippen molar-refractivity contribution < 1.29 is 14.0 Å². The van der Waals surface area contributed by atoms with Gasteiger partial charge in [0.1, 0.15) is 10.7 Å². The predicted octanol–water partition coefficient (Wildman–Crippen LogP) is 4.27. The van der Waals surface area contributed by atoms with E-state index in [1.54, 1.807) is 13.0 Å². The Morgan fingerprint density at radius 3 is 2.60 bits per heavy atom. The zero-order valence-electron chi connectivity index (χ0n) is 18.1. The van der Waals surface area contributed by atoms with Gasteiger partial charge in [-0.3, -0.25) is 9.59 Å². The first-order valence-electron chi connectivity index (χ1n) is 10.5. The number of carbonyl (C=O) groups is 2. The molecule has 2 aromatic rings. The highest BCUT2D eigenvalue weighted by atomic mass is 32.1. The maximum absolute atomic E-state index is 13.7. The third kappa shape index (κ3) is 5.45. The molecular weight excluding hydrogens is 401 g/mol. The number of carbonyl (C=O) groups excluding carboxylic acids is 2. The molecule has 1 fully saturated rings. The van der Waals surface area contributed by atoms with Crippen molar-refractivity contribution in [2.75, 3.05) is 13.1 Å². The Bertz CT molecular complexity index is 917. The number of rotatable bonds is 6. The molecule has 2 amide bonds. The summed E-state index contributed by atoms with van der Waals surface area (Å²) in [5.41, 5.74) is 2.14. The first-order chi connectivity index (χ1) is 14.2. The van der Waals surface area contributed by atoms with E-state index in [1.165, 1.54) is 17.4 Å². The molecule has 1 aliphatic heterocycles. The minimum absolute atomic E-state index is 0.0222. The average molecular weight is 432 g/mol. The van der Waals surface area contributed by atoms with E-state index in [4.69, 9.17) is 0 Å². The number of nitrogens with zero attached hydrogens (tertiary/aromatic N) is 2. The van der Waals surface area contributed by atoms with Crippen LogP contribution in [0.15, 0.2) is 18.2 Å². The van der Waals surface area contributed by atoms with E-state index < -0.39 is 0 Å². The number of likely N-dealkylation sites (tertiary alicyclic amines) is 1. The van der Waals surface area contributed by atoms with Crippen LogP contribution in [0.5, 0.6) is 0 Å². The zero-order valence-corrected chi connectivity index (χ0v) is 18.9. The summed E-state index contributed by atoms with van der Waals surface area (Å²) in [6, 6.07) is 5.00. The first-order valence-corrected chi connectivity index (χ1v) is 11.3. The van der Waals surface area contributed by atoms with Gasteiger partial charge in [0.2, 0.25) is 5.91 Å². The Morgan fingerprint density at radius 1 is 1.27 bits per heavy atom. The minimum atomic E-state index is -0.261. The maximum atomic E-state index is 13.7. The van der Waals surface area contributed by atoms with Crippen molar-refractivity contribution in [3.63, 3.8) is 0 Å². The van der Waals surface area contributed by atoms with Crippen molar-refractivity contribution in [3.8, 4) is 0 Å². The number of thiazole rings is 1. The van der Waals surface area contributed by atoms with Gasteiger partial charge in [-0.1, -0.05) is 26.0 Å². The molecule has 0 bridgehead atoms. The van der Waals surface area contributed by atoms with Crippen LogP contribution < -0.4 is 5.32 Å². The molecule has 1 aliphatic rings. The molecule has 7 heteroatoms. The van der Waals surface area contributed by atoms with Gasteiger partial charge >= 0.3 is 0 Å².